The Morgan fingerprint density at radius 1 is 0.885 bits per heavy atom. The van der Waals surface area contributed by atoms with Gasteiger partial charge in [-0.15, -0.1) is 10.2 Å². The van der Waals surface area contributed by atoms with Crippen LogP contribution in [0.15, 0.2) is 66.7 Å². The molecule has 2 aromatic carbocycles. The number of amides is 1. The highest BCUT2D eigenvalue weighted by Crippen LogP contribution is 2.17. The Hall–Kier alpha value is -3.74. The first-order valence-electron chi connectivity index (χ1n) is 7.82. The van der Waals surface area contributed by atoms with E-state index in [1.807, 2.05) is 30.3 Å². The van der Waals surface area contributed by atoms with Crippen LogP contribution in [0.3, 0.4) is 0 Å². The molecule has 0 saturated heterocycles. The molecule has 7 nitrogen and oxygen atoms in total. The van der Waals surface area contributed by atoms with Crippen molar-refractivity contribution in [2.75, 3.05) is 17.7 Å². The molecule has 0 fully saturated rings. The number of carbonyl (C=O) groups is 2. The molecule has 2 N–H and O–H groups in total. The van der Waals surface area contributed by atoms with Gasteiger partial charge in [-0.3, -0.25) is 4.79 Å². The van der Waals surface area contributed by atoms with Crippen LogP contribution < -0.4 is 10.6 Å². The summed E-state index contributed by atoms with van der Waals surface area (Å²) in [6.07, 6.45) is 0. The fourth-order valence-corrected chi connectivity index (χ4v) is 2.26. The number of aromatic nitrogens is 2. The number of benzene rings is 2. The number of esters is 1. The number of methoxy groups -OCH3 is 1. The van der Waals surface area contributed by atoms with Crippen LogP contribution in [0.25, 0.3) is 0 Å². The maximum atomic E-state index is 12.4. The molecule has 0 bridgehead atoms. The first-order chi connectivity index (χ1) is 12.7. The summed E-state index contributed by atoms with van der Waals surface area (Å²) in [6.45, 7) is 0. The molecule has 1 heterocycles. The van der Waals surface area contributed by atoms with Crippen molar-refractivity contribution in [1.29, 1.82) is 0 Å². The predicted molar refractivity (Wildman–Crippen MR) is 97.5 cm³/mol. The highest BCUT2D eigenvalue weighted by molar-refractivity contribution is 6.07. The third-order valence-corrected chi connectivity index (χ3v) is 3.52. The number of anilines is 3. The van der Waals surface area contributed by atoms with Crippen molar-refractivity contribution in [3.8, 4) is 0 Å². The van der Waals surface area contributed by atoms with E-state index in [-0.39, 0.29) is 11.3 Å². The molecule has 0 radical (unpaired) electrons. The Balaban J connectivity index is 1.72. The average Bonchev–Trinajstić information content (AvgIpc) is 2.69. The zero-order valence-electron chi connectivity index (χ0n) is 14.0. The molecule has 0 unspecified atom stereocenters. The van der Waals surface area contributed by atoms with Gasteiger partial charge in [0, 0.05) is 5.69 Å². The largest absolute Gasteiger partial charge is 0.465 e. The summed E-state index contributed by atoms with van der Waals surface area (Å²) < 4.78 is 4.71. The second-order valence-corrected chi connectivity index (χ2v) is 5.29. The van der Waals surface area contributed by atoms with Gasteiger partial charge in [0.15, 0.2) is 11.5 Å². The van der Waals surface area contributed by atoms with Crippen molar-refractivity contribution in [3.05, 3.63) is 78.0 Å². The molecule has 0 aliphatic rings. The number of carbonyl (C=O) groups excluding carboxylic acids is 2. The number of hydrogen-bond donors (Lipinski definition) is 2. The summed E-state index contributed by atoms with van der Waals surface area (Å²) in [6, 6.07) is 19.3. The van der Waals surface area contributed by atoms with Crippen molar-refractivity contribution in [1.82, 2.24) is 10.2 Å². The quantitative estimate of drug-likeness (QED) is 0.688. The average molecular weight is 348 g/mol. The van der Waals surface area contributed by atoms with Gasteiger partial charge >= 0.3 is 5.97 Å². The van der Waals surface area contributed by atoms with Gasteiger partial charge in [0.1, 0.15) is 0 Å². The zero-order chi connectivity index (χ0) is 18.4. The lowest BCUT2D eigenvalue weighted by atomic mass is 10.1. The molecule has 1 aromatic heterocycles. The van der Waals surface area contributed by atoms with Crippen molar-refractivity contribution in [2.45, 2.75) is 0 Å². The molecule has 0 aliphatic heterocycles. The maximum Gasteiger partial charge on any atom is 0.339 e. The minimum Gasteiger partial charge on any atom is -0.465 e. The summed E-state index contributed by atoms with van der Waals surface area (Å²) in [7, 11) is 1.28. The van der Waals surface area contributed by atoms with Crippen LogP contribution in [0.1, 0.15) is 20.8 Å². The third kappa shape index (κ3) is 4.02. The Morgan fingerprint density at radius 2 is 1.62 bits per heavy atom. The van der Waals surface area contributed by atoms with E-state index in [0.29, 0.717) is 11.5 Å². The van der Waals surface area contributed by atoms with Gasteiger partial charge in [-0.2, -0.15) is 0 Å². The molecule has 3 rings (SSSR count). The molecule has 0 atom stereocenters. The lowest BCUT2D eigenvalue weighted by Crippen LogP contribution is -2.17. The van der Waals surface area contributed by atoms with E-state index in [1.165, 1.54) is 7.11 Å². The smallest absolute Gasteiger partial charge is 0.339 e. The Labute approximate surface area is 150 Å². The van der Waals surface area contributed by atoms with Gasteiger partial charge in [0.05, 0.1) is 18.4 Å². The van der Waals surface area contributed by atoms with E-state index in [4.69, 9.17) is 4.74 Å². The first kappa shape index (κ1) is 17.1. The summed E-state index contributed by atoms with van der Waals surface area (Å²) in [5, 5.41) is 13.7. The number of ether oxygens (including phenoxy) is 1. The summed E-state index contributed by atoms with van der Waals surface area (Å²) in [5.41, 5.74) is 1.60. The molecule has 7 heteroatoms. The minimum atomic E-state index is -0.533. The van der Waals surface area contributed by atoms with Crippen molar-refractivity contribution >= 4 is 29.1 Å². The van der Waals surface area contributed by atoms with E-state index in [9.17, 15) is 9.59 Å². The van der Waals surface area contributed by atoms with Gasteiger partial charge in [-0.25, -0.2) is 4.79 Å². The van der Waals surface area contributed by atoms with Gasteiger partial charge in [0.2, 0.25) is 0 Å². The maximum absolute atomic E-state index is 12.4. The zero-order valence-corrected chi connectivity index (χ0v) is 14.0. The Bertz CT molecular complexity index is 912. The highest BCUT2D eigenvalue weighted by Gasteiger charge is 2.15. The molecular weight excluding hydrogens is 332 g/mol. The molecule has 1 amide bonds. The minimum absolute atomic E-state index is 0.128. The number of nitrogens with zero attached hydrogens (tertiary/aromatic N) is 2. The lowest BCUT2D eigenvalue weighted by molar-refractivity contribution is 0.0602. The van der Waals surface area contributed by atoms with Crippen LogP contribution in [0, 0.1) is 0 Å². The first-order valence-corrected chi connectivity index (χ1v) is 7.82. The van der Waals surface area contributed by atoms with E-state index in [1.54, 1.807) is 36.4 Å². The standard InChI is InChI=1S/C19H16N4O3/c1-26-19(25)14-9-5-6-10-15(14)21-18(24)16-11-12-17(23-22-16)20-13-7-3-2-4-8-13/h2-12H,1H3,(H,20,23)(H,21,24). The lowest BCUT2D eigenvalue weighted by Gasteiger charge is -2.09. The van der Waals surface area contributed by atoms with Crippen LogP contribution >= 0.6 is 0 Å². The van der Waals surface area contributed by atoms with Crippen LogP contribution in [-0.4, -0.2) is 29.2 Å². The van der Waals surface area contributed by atoms with Crippen molar-refractivity contribution in [2.24, 2.45) is 0 Å². The number of hydrogen-bond acceptors (Lipinski definition) is 6. The second-order valence-electron chi connectivity index (χ2n) is 5.29. The van der Waals surface area contributed by atoms with Gasteiger partial charge in [-0.05, 0) is 36.4 Å². The molecule has 26 heavy (non-hydrogen) atoms. The van der Waals surface area contributed by atoms with E-state index in [0.717, 1.165) is 5.69 Å². The number of nitrogens with one attached hydrogen (secondary N) is 2. The van der Waals surface area contributed by atoms with Gasteiger partial charge in [0.25, 0.3) is 5.91 Å². The molecule has 3 aromatic rings. The Morgan fingerprint density at radius 3 is 2.31 bits per heavy atom. The fraction of sp³-hybridized carbons (Fsp3) is 0.0526. The van der Waals surface area contributed by atoms with Crippen molar-refractivity contribution < 1.29 is 14.3 Å². The third-order valence-electron chi connectivity index (χ3n) is 3.52. The molecule has 0 saturated carbocycles. The van der Waals surface area contributed by atoms with Gasteiger partial charge < -0.3 is 15.4 Å². The topological polar surface area (TPSA) is 93.2 Å². The number of para-hydroxylation sites is 2. The fourth-order valence-electron chi connectivity index (χ4n) is 2.26. The van der Waals surface area contributed by atoms with Crippen LogP contribution in [0.2, 0.25) is 0 Å². The molecule has 0 spiro atoms. The normalized spacial score (nSPS) is 10.0. The Kier molecular flexibility index (Phi) is 5.19. The van der Waals surface area contributed by atoms with Crippen molar-refractivity contribution in [3.63, 3.8) is 0 Å². The summed E-state index contributed by atoms with van der Waals surface area (Å²) in [4.78, 5) is 24.1. The predicted octanol–water partition coefficient (Wildman–Crippen LogP) is 3.26. The van der Waals surface area contributed by atoms with E-state index in [2.05, 4.69) is 20.8 Å². The molecule has 130 valence electrons. The highest BCUT2D eigenvalue weighted by atomic mass is 16.5. The van der Waals surface area contributed by atoms with Gasteiger partial charge in [-0.1, -0.05) is 30.3 Å². The summed E-state index contributed by atoms with van der Waals surface area (Å²) >= 11 is 0. The number of rotatable bonds is 5. The summed E-state index contributed by atoms with van der Waals surface area (Å²) in [5.74, 6) is -0.489. The monoisotopic (exact) mass is 348 g/mol. The van der Waals surface area contributed by atoms with E-state index < -0.39 is 11.9 Å². The second kappa shape index (κ2) is 7.89. The SMILES string of the molecule is COC(=O)c1ccccc1NC(=O)c1ccc(Nc2ccccc2)nn1. The van der Waals surface area contributed by atoms with Crippen LogP contribution in [0.4, 0.5) is 17.2 Å². The van der Waals surface area contributed by atoms with Crippen LogP contribution in [0.5, 0.6) is 0 Å². The van der Waals surface area contributed by atoms with Crippen LogP contribution in [-0.2, 0) is 4.74 Å². The van der Waals surface area contributed by atoms with E-state index >= 15 is 0 Å². The molecular formula is C19H16N4O3. The molecule has 0 aliphatic carbocycles.